The summed E-state index contributed by atoms with van der Waals surface area (Å²) in [5.41, 5.74) is 2.02. The van der Waals surface area contributed by atoms with Crippen LogP contribution in [-0.4, -0.2) is 47.5 Å². The van der Waals surface area contributed by atoms with Crippen LogP contribution in [0, 0.1) is 0 Å². The predicted molar refractivity (Wildman–Crippen MR) is 103 cm³/mol. The summed E-state index contributed by atoms with van der Waals surface area (Å²) in [6.45, 7) is 0.931. The number of aromatic carboxylic acids is 1. The molecule has 2 amide bonds. The molecule has 3 rings (SSSR count). The van der Waals surface area contributed by atoms with Crippen LogP contribution in [0.3, 0.4) is 0 Å². The molecule has 1 atom stereocenters. The van der Waals surface area contributed by atoms with Crippen LogP contribution in [0.25, 0.3) is 0 Å². The van der Waals surface area contributed by atoms with Crippen molar-refractivity contribution in [3.63, 3.8) is 0 Å². The number of carboxylic acids is 1. The minimum absolute atomic E-state index is 0.199. The maximum Gasteiger partial charge on any atom is 0.335 e. The Balaban J connectivity index is 1.64. The van der Waals surface area contributed by atoms with Crippen molar-refractivity contribution >= 4 is 23.5 Å². The van der Waals surface area contributed by atoms with Gasteiger partial charge in [0.1, 0.15) is 6.10 Å². The molecule has 2 N–H and O–H groups in total. The Morgan fingerprint density at radius 1 is 1.14 bits per heavy atom. The third-order valence-corrected chi connectivity index (χ3v) is 4.57. The maximum atomic E-state index is 12.7. The molecule has 0 radical (unpaired) electrons. The van der Waals surface area contributed by atoms with E-state index in [0.717, 1.165) is 12.0 Å². The standard InChI is InChI=1S/C21H22N2O5/c1-23(13-14-7-9-15(10-8-14)21(26)27)20(25)16-4-2-5-17(12-16)22-19(24)18-6-3-11-28-18/h2,4-5,7-10,12,18H,3,6,11,13H2,1H3,(H,22,24)(H,26,27). The Morgan fingerprint density at radius 2 is 1.89 bits per heavy atom. The monoisotopic (exact) mass is 382 g/mol. The van der Waals surface area contributed by atoms with Crippen LogP contribution in [0.2, 0.25) is 0 Å². The number of benzene rings is 2. The number of rotatable bonds is 6. The number of hydrogen-bond donors (Lipinski definition) is 2. The molecule has 1 unspecified atom stereocenters. The summed E-state index contributed by atoms with van der Waals surface area (Å²) in [5.74, 6) is -1.39. The SMILES string of the molecule is CN(Cc1ccc(C(=O)O)cc1)C(=O)c1cccc(NC(=O)C2CCCO2)c1. The van der Waals surface area contributed by atoms with E-state index in [-0.39, 0.29) is 17.4 Å². The molecule has 28 heavy (non-hydrogen) atoms. The third-order valence-electron chi connectivity index (χ3n) is 4.57. The number of hydrogen-bond acceptors (Lipinski definition) is 4. The van der Waals surface area contributed by atoms with E-state index in [4.69, 9.17) is 9.84 Å². The zero-order valence-corrected chi connectivity index (χ0v) is 15.6. The van der Waals surface area contributed by atoms with Gasteiger partial charge in [0.15, 0.2) is 0 Å². The van der Waals surface area contributed by atoms with Gasteiger partial charge in [0.05, 0.1) is 5.56 Å². The smallest absolute Gasteiger partial charge is 0.335 e. The second-order valence-electron chi connectivity index (χ2n) is 6.74. The largest absolute Gasteiger partial charge is 0.478 e. The number of anilines is 1. The van der Waals surface area contributed by atoms with Gasteiger partial charge in [0, 0.05) is 31.5 Å². The highest BCUT2D eigenvalue weighted by atomic mass is 16.5. The fourth-order valence-corrected chi connectivity index (χ4v) is 3.06. The van der Waals surface area contributed by atoms with Crippen molar-refractivity contribution < 1.29 is 24.2 Å². The van der Waals surface area contributed by atoms with E-state index in [1.165, 1.54) is 17.0 Å². The molecular formula is C21H22N2O5. The molecular weight excluding hydrogens is 360 g/mol. The number of carbonyl (C=O) groups is 3. The van der Waals surface area contributed by atoms with Gasteiger partial charge in [-0.15, -0.1) is 0 Å². The fraction of sp³-hybridized carbons (Fsp3) is 0.286. The van der Waals surface area contributed by atoms with Crippen molar-refractivity contribution in [1.82, 2.24) is 4.90 Å². The summed E-state index contributed by atoms with van der Waals surface area (Å²) in [6, 6.07) is 13.2. The van der Waals surface area contributed by atoms with Gasteiger partial charge < -0.3 is 20.1 Å². The van der Waals surface area contributed by atoms with Crippen LogP contribution in [0.1, 0.15) is 39.1 Å². The number of ether oxygens (including phenoxy) is 1. The highest BCUT2D eigenvalue weighted by molar-refractivity contribution is 5.98. The summed E-state index contributed by atoms with van der Waals surface area (Å²) < 4.78 is 5.37. The van der Waals surface area contributed by atoms with E-state index in [1.54, 1.807) is 43.4 Å². The molecule has 2 aromatic rings. The second-order valence-corrected chi connectivity index (χ2v) is 6.74. The average Bonchev–Trinajstić information content (AvgIpc) is 3.23. The van der Waals surface area contributed by atoms with Crippen molar-refractivity contribution in [2.45, 2.75) is 25.5 Å². The Labute approximate surface area is 162 Å². The van der Waals surface area contributed by atoms with Gasteiger partial charge in [0.25, 0.3) is 11.8 Å². The maximum absolute atomic E-state index is 12.7. The average molecular weight is 382 g/mol. The van der Waals surface area contributed by atoms with Crippen LogP contribution in [0.5, 0.6) is 0 Å². The number of nitrogens with one attached hydrogen (secondary N) is 1. The lowest BCUT2D eigenvalue weighted by Gasteiger charge is -2.18. The Hall–Kier alpha value is -3.19. The normalized spacial score (nSPS) is 15.8. The van der Waals surface area contributed by atoms with Crippen molar-refractivity contribution in [3.05, 3.63) is 65.2 Å². The Kier molecular flexibility index (Phi) is 6.06. The molecule has 0 aromatic heterocycles. The van der Waals surface area contributed by atoms with Gasteiger partial charge in [-0.25, -0.2) is 4.79 Å². The first kappa shape index (κ1) is 19.6. The lowest BCUT2D eigenvalue weighted by Crippen LogP contribution is -2.28. The molecule has 0 bridgehead atoms. The van der Waals surface area contributed by atoms with Crippen LogP contribution in [0.15, 0.2) is 48.5 Å². The summed E-state index contributed by atoms with van der Waals surface area (Å²) in [4.78, 5) is 37.3. The highest BCUT2D eigenvalue weighted by Gasteiger charge is 2.23. The lowest BCUT2D eigenvalue weighted by molar-refractivity contribution is -0.124. The quantitative estimate of drug-likeness (QED) is 0.801. The first-order chi connectivity index (χ1) is 13.4. The molecule has 1 aliphatic heterocycles. The molecule has 7 nitrogen and oxygen atoms in total. The molecule has 1 aliphatic rings. The van der Waals surface area contributed by atoms with Crippen LogP contribution in [0.4, 0.5) is 5.69 Å². The summed E-state index contributed by atoms with van der Waals surface area (Å²) in [7, 11) is 1.67. The van der Waals surface area contributed by atoms with Crippen molar-refractivity contribution in [2.24, 2.45) is 0 Å². The summed E-state index contributed by atoms with van der Waals surface area (Å²) in [5, 5.41) is 11.7. The molecule has 0 saturated carbocycles. The second kappa shape index (κ2) is 8.67. The van der Waals surface area contributed by atoms with Crippen LogP contribution in [-0.2, 0) is 16.1 Å². The lowest BCUT2D eigenvalue weighted by atomic mass is 10.1. The zero-order chi connectivity index (χ0) is 20.1. The first-order valence-electron chi connectivity index (χ1n) is 9.04. The first-order valence-corrected chi connectivity index (χ1v) is 9.04. The van der Waals surface area contributed by atoms with E-state index in [0.29, 0.717) is 30.8 Å². The topological polar surface area (TPSA) is 95.9 Å². The van der Waals surface area contributed by atoms with E-state index in [2.05, 4.69) is 5.32 Å². The highest BCUT2D eigenvalue weighted by Crippen LogP contribution is 2.17. The van der Waals surface area contributed by atoms with Gasteiger partial charge >= 0.3 is 5.97 Å². The zero-order valence-electron chi connectivity index (χ0n) is 15.6. The van der Waals surface area contributed by atoms with Gasteiger partial charge in [-0.1, -0.05) is 18.2 Å². The van der Waals surface area contributed by atoms with E-state index in [1.807, 2.05) is 0 Å². The molecule has 1 fully saturated rings. The molecule has 1 saturated heterocycles. The molecule has 146 valence electrons. The summed E-state index contributed by atoms with van der Waals surface area (Å²) >= 11 is 0. The van der Waals surface area contributed by atoms with E-state index >= 15 is 0 Å². The summed E-state index contributed by atoms with van der Waals surface area (Å²) in [6.07, 6.45) is 1.14. The number of nitrogens with zero attached hydrogens (tertiary/aromatic N) is 1. The molecule has 0 spiro atoms. The number of carbonyl (C=O) groups excluding carboxylic acids is 2. The fourth-order valence-electron chi connectivity index (χ4n) is 3.06. The van der Waals surface area contributed by atoms with Gasteiger partial charge in [0.2, 0.25) is 0 Å². The van der Waals surface area contributed by atoms with Gasteiger partial charge in [-0.05, 0) is 48.7 Å². The molecule has 1 heterocycles. The van der Waals surface area contributed by atoms with Crippen molar-refractivity contribution in [2.75, 3.05) is 19.0 Å². The third kappa shape index (κ3) is 4.75. The number of amides is 2. The van der Waals surface area contributed by atoms with Crippen LogP contribution >= 0.6 is 0 Å². The predicted octanol–water partition coefficient (Wildman–Crippen LogP) is 2.77. The minimum atomic E-state index is -0.988. The van der Waals surface area contributed by atoms with Crippen molar-refractivity contribution in [1.29, 1.82) is 0 Å². The van der Waals surface area contributed by atoms with E-state index < -0.39 is 12.1 Å². The minimum Gasteiger partial charge on any atom is -0.478 e. The van der Waals surface area contributed by atoms with Gasteiger partial charge in [-0.3, -0.25) is 9.59 Å². The molecule has 0 aliphatic carbocycles. The van der Waals surface area contributed by atoms with Gasteiger partial charge in [-0.2, -0.15) is 0 Å². The van der Waals surface area contributed by atoms with Crippen LogP contribution < -0.4 is 5.32 Å². The Bertz CT molecular complexity index is 873. The van der Waals surface area contributed by atoms with Crippen molar-refractivity contribution in [3.8, 4) is 0 Å². The molecule has 7 heteroatoms. The number of carboxylic acid groups (broad SMARTS) is 1. The van der Waals surface area contributed by atoms with E-state index in [9.17, 15) is 14.4 Å². The Morgan fingerprint density at radius 3 is 2.54 bits per heavy atom. The molecule has 2 aromatic carbocycles.